The fourth-order valence-corrected chi connectivity index (χ4v) is 2.55. The number of pyridine rings is 1. The molecule has 0 amide bonds. The fraction of sp³-hybridized carbons (Fsp3) is 0.500. The van der Waals surface area contributed by atoms with Crippen LogP contribution in [0.2, 0.25) is 5.02 Å². The molecule has 0 radical (unpaired) electrons. The second-order valence-corrected chi connectivity index (χ2v) is 5.16. The summed E-state index contributed by atoms with van der Waals surface area (Å²) in [6.45, 7) is -0.297. The van der Waals surface area contributed by atoms with Gasteiger partial charge >= 0.3 is 12.1 Å². The Morgan fingerprint density at radius 2 is 2.20 bits per heavy atom. The first-order valence-electron chi connectivity index (χ1n) is 5.89. The smallest absolute Gasteiger partial charge is 0.393 e. The van der Waals surface area contributed by atoms with Gasteiger partial charge in [-0.25, -0.2) is 0 Å². The summed E-state index contributed by atoms with van der Waals surface area (Å²) in [5.41, 5.74) is 0.633. The van der Waals surface area contributed by atoms with Crippen molar-refractivity contribution < 1.29 is 23.1 Å². The third kappa shape index (κ3) is 3.21. The molecule has 1 fully saturated rings. The molecule has 1 aliphatic rings. The van der Waals surface area contributed by atoms with Gasteiger partial charge in [-0.3, -0.25) is 14.7 Å². The molecule has 1 saturated heterocycles. The lowest BCUT2D eigenvalue weighted by Crippen LogP contribution is -2.33. The van der Waals surface area contributed by atoms with Crippen molar-refractivity contribution in [3.8, 4) is 0 Å². The molecule has 2 atom stereocenters. The molecule has 4 nitrogen and oxygen atoms in total. The number of carboxylic acids is 1. The predicted octanol–water partition coefficient (Wildman–Crippen LogP) is 2.43. The maximum atomic E-state index is 12.8. The molecule has 0 aliphatic carbocycles. The zero-order valence-electron chi connectivity index (χ0n) is 10.3. The van der Waals surface area contributed by atoms with Gasteiger partial charge in [0, 0.05) is 32.0 Å². The van der Waals surface area contributed by atoms with Gasteiger partial charge in [-0.05, 0) is 11.6 Å². The Labute approximate surface area is 118 Å². The summed E-state index contributed by atoms with van der Waals surface area (Å²) in [6, 6.07) is 1.61. The molecule has 0 spiro atoms. The monoisotopic (exact) mass is 308 g/mol. The van der Waals surface area contributed by atoms with Crippen LogP contribution in [0.15, 0.2) is 18.5 Å². The van der Waals surface area contributed by atoms with E-state index in [1.54, 1.807) is 6.07 Å². The Morgan fingerprint density at radius 3 is 2.70 bits per heavy atom. The first-order valence-corrected chi connectivity index (χ1v) is 6.27. The molecule has 1 aliphatic heterocycles. The summed E-state index contributed by atoms with van der Waals surface area (Å²) in [4.78, 5) is 16.2. The van der Waals surface area contributed by atoms with Crippen molar-refractivity contribution in [3.05, 3.63) is 29.0 Å². The topological polar surface area (TPSA) is 53.4 Å². The number of nitrogens with zero attached hydrogens (tertiary/aromatic N) is 2. The molecular weight excluding hydrogens is 297 g/mol. The van der Waals surface area contributed by atoms with Crippen LogP contribution in [0.1, 0.15) is 5.56 Å². The molecule has 0 aromatic carbocycles. The predicted molar refractivity (Wildman–Crippen MR) is 65.2 cm³/mol. The minimum absolute atomic E-state index is 0.141. The van der Waals surface area contributed by atoms with Crippen molar-refractivity contribution >= 4 is 17.6 Å². The fourth-order valence-electron chi connectivity index (χ4n) is 2.37. The number of carboxylic acid groups (broad SMARTS) is 1. The summed E-state index contributed by atoms with van der Waals surface area (Å²) in [6.07, 6.45) is -1.62. The normalized spacial score (nSPS) is 24.0. The van der Waals surface area contributed by atoms with Gasteiger partial charge in [0.1, 0.15) is 0 Å². The minimum Gasteiger partial charge on any atom is -0.481 e. The molecule has 1 N–H and O–H groups in total. The van der Waals surface area contributed by atoms with Gasteiger partial charge in [0.2, 0.25) is 0 Å². The number of rotatable bonds is 3. The van der Waals surface area contributed by atoms with Gasteiger partial charge in [-0.15, -0.1) is 0 Å². The first kappa shape index (κ1) is 15.1. The molecule has 8 heteroatoms. The highest BCUT2D eigenvalue weighted by atomic mass is 35.5. The summed E-state index contributed by atoms with van der Waals surface area (Å²) < 4.78 is 38.5. The van der Waals surface area contributed by atoms with Crippen LogP contribution in [0, 0.1) is 11.8 Å². The van der Waals surface area contributed by atoms with Gasteiger partial charge < -0.3 is 5.11 Å². The standard InChI is InChI=1S/C12H12ClF3N2O2/c13-10-3-17-2-1-7(10)4-18-5-8(11(19)20)9(6-18)12(14,15)16/h1-3,8-9H,4-6H2,(H,19,20)/t8-,9-/m1/s1. The third-order valence-corrected chi connectivity index (χ3v) is 3.72. The number of alkyl halides is 3. The number of carbonyl (C=O) groups is 1. The quantitative estimate of drug-likeness (QED) is 0.932. The van der Waals surface area contributed by atoms with Crippen LogP contribution in [0.25, 0.3) is 0 Å². The van der Waals surface area contributed by atoms with Gasteiger partial charge in [0.15, 0.2) is 0 Å². The molecule has 20 heavy (non-hydrogen) atoms. The van der Waals surface area contributed by atoms with Crippen LogP contribution in [0.5, 0.6) is 0 Å². The summed E-state index contributed by atoms with van der Waals surface area (Å²) >= 11 is 5.90. The van der Waals surface area contributed by atoms with Crippen molar-refractivity contribution in [1.29, 1.82) is 0 Å². The van der Waals surface area contributed by atoms with Crippen molar-refractivity contribution in [2.75, 3.05) is 13.1 Å². The number of aromatic nitrogens is 1. The van der Waals surface area contributed by atoms with Crippen LogP contribution < -0.4 is 0 Å². The molecule has 110 valence electrons. The maximum absolute atomic E-state index is 12.8. The molecule has 0 bridgehead atoms. The molecular formula is C12H12ClF3N2O2. The average molecular weight is 309 g/mol. The maximum Gasteiger partial charge on any atom is 0.393 e. The number of hydrogen-bond donors (Lipinski definition) is 1. The van der Waals surface area contributed by atoms with E-state index in [1.165, 1.54) is 17.3 Å². The van der Waals surface area contributed by atoms with E-state index in [0.717, 1.165) is 0 Å². The second kappa shape index (κ2) is 5.57. The molecule has 1 aromatic heterocycles. The minimum atomic E-state index is -4.51. The van der Waals surface area contributed by atoms with Gasteiger partial charge in [-0.1, -0.05) is 11.6 Å². The second-order valence-electron chi connectivity index (χ2n) is 4.75. The van der Waals surface area contributed by atoms with Gasteiger partial charge in [0.25, 0.3) is 0 Å². The Hall–Kier alpha value is -1.34. The lowest BCUT2D eigenvalue weighted by molar-refractivity contribution is -0.188. The van der Waals surface area contributed by atoms with Crippen LogP contribution in [0.3, 0.4) is 0 Å². The number of halogens is 4. The molecule has 1 aromatic rings. The van der Waals surface area contributed by atoms with Crippen LogP contribution in [0.4, 0.5) is 13.2 Å². The van der Waals surface area contributed by atoms with Crippen LogP contribution in [-0.4, -0.2) is 40.2 Å². The van der Waals surface area contributed by atoms with E-state index in [0.29, 0.717) is 10.6 Å². The van der Waals surface area contributed by atoms with Crippen molar-refractivity contribution in [2.45, 2.75) is 12.7 Å². The zero-order chi connectivity index (χ0) is 14.9. The highest BCUT2D eigenvalue weighted by Crippen LogP contribution is 2.38. The van der Waals surface area contributed by atoms with Crippen molar-refractivity contribution in [1.82, 2.24) is 9.88 Å². The Kier molecular flexibility index (Phi) is 4.19. The number of aliphatic carboxylic acids is 1. The zero-order valence-corrected chi connectivity index (χ0v) is 11.0. The van der Waals surface area contributed by atoms with Crippen LogP contribution in [-0.2, 0) is 11.3 Å². The lowest BCUT2D eigenvalue weighted by atomic mass is 9.96. The van der Waals surface area contributed by atoms with E-state index in [2.05, 4.69) is 4.98 Å². The van der Waals surface area contributed by atoms with Crippen molar-refractivity contribution in [2.24, 2.45) is 11.8 Å². The summed E-state index contributed by atoms with van der Waals surface area (Å²) in [7, 11) is 0. The van der Waals surface area contributed by atoms with E-state index in [-0.39, 0.29) is 19.6 Å². The SMILES string of the molecule is O=C(O)[C@@H]1CN(Cc2ccncc2Cl)C[C@H]1C(F)(F)F. The Balaban J connectivity index is 2.13. The molecule has 2 rings (SSSR count). The lowest BCUT2D eigenvalue weighted by Gasteiger charge is -2.18. The van der Waals surface area contributed by atoms with Gasteiger partial charge in [-0.2, -0.15) is 13.2 Å². The highest BCUT2D eigenvalue weighted by molar-refractivity contribution is 6.31. The number of hydrogen-bond acceptors (Lipinski definition) is 3. The average Bonchev–Trinajstić information content (AvgIpc) is 2.76. The summed E-state index contributed by atoms with van der Waals surface area (Å²) in [5, 5.41) is 9.28. The Bertz CT molecular complexity index is 510. The van der Waals surface area contributed by atoms with E-state index in [1.807, 2.05) is 0 Å². The van der Waals surface area contributed by atoms with E-state index in [9.17, 15) is 18.0 Å². The molecule has 0 saturated carbocycles. The van der Waals surface area contributed by atoms with Gasteiger partial charge in [0.05, 0.1) is 16.9 Å². The summed E-state index contributed by atoms with van der Waals surface area (Å²) in [5.74, 6) is -4.70. The van der Waals surface area contributed by atoms with Crippen LogP contribution >= 0.6 is 11.6 Å². The molecule has 0 unspecified atom stereocenters. The Morgan fingerprint density at radius 1 is 1.50 bits per heavy atom. The van der Waals surface area contributed by atoms with Crippen molar-refractivity contribution in [3.63, 3.8) is 0 Å². The van der Waals surface area contributed by atoms with E-state index in [4.69, 9.17) is 16.7 Å². The largest absolute Gasteiger partial charge is 0.481 e. The van der Waals surface area contributed by atoms with E-state index >= 15 is 0 Å². The molecule has 2 heterocycles. The number of likely N-dealkylation sites (tertiary alicyclic amines) is 1. The van der Waals surface area contributed by atoms with E-state index < -0.39 is 24.0 Å². The first-order chi connectivity index (χ1) is 9.29. The highest BCUT2D eigenvalue weighted by Gasteiger charge is 2.52. The third-order valence-electron chi connectivity index (χ3n) is 3.38.